The summed E-state index contributed by atoms with van der Waals surface area (Å²) in [6, 6.07) is 9.75. The smallest absolute Gasteiger partial charge is 0.198 e. The zero-order chi connectivity index (χ0) is 22.1. The molecule has 0 radical (unpaired) electrons. The van der Waals surface area contributed by atoms with E-state index in [1.807, 2.05) is 0 Å². The summed E-state index contributed by atoms with van der Waals surface area (Å²) in [5.41, 5.74) is 1.31. The lowest BCUT2D eigenvalue weighted by atomic mass is 9.83. The van der Waals surface area contributed by atoms with E-state index in [0.717, 1.165) is 0 Å². The van der Waals surface area contributed by atoms with Gasteiger partial charge in [0.05, 0.1) is 65.0 Å². The Balaban J connectivity index is 1.43. The van der Waals surface area contributed by atoms with Gasteiger partial charge in [-0.05, 0) is 6.07 Å². The van der Waals surface area contributed by atoms with E-state index in [1.165, 1.54) is 0 Å². The van der Waals surface area contributed by atoms with Crippen LogP contribution in [0.2, 0.25) is 0 Å². The molecule has 0 fully saturated rings. The monoisotopic (exact) mass is 430 g/mol. The summed E-state index contributed by atoms with van der Waals surface area (Å²) in [6.45, 7) is 2.71. The van der Waals surface area contributed by atoms with Crippen LogP contribution >= 0.6 is 0 Å². The molecule has 2 aromatic rings. The fourth-order valence-electron chi connectivity index (χ4n) is 3.24. The Morgan fingerprint density at radius 1 is 0.645 bits per heavy atom. The number of aliphatic hydroxyl groups excluding tert-OH is 1. The van der Waals surface area contributed by atoms with Crippen molar-refractivity contribution >= 4 is 11.6 Å². The van der Waals surface area contributed by atoms with Crippen LogP contribution in [-0.4, -0.2) is 74.6 Å². The van der Waals surface area contributed by atoms with Gasteiger partial charge in [0.1, 0.15) is 5.75 Å². The molecule has 0 saturated carbocycles. The van der Waals surface area contributed by atoms with Crippen molar-refractivity contribution in [3.8, 4) is 5.75 Å². The van der Waals surface area contributed by atoms with Gasteiger partial charge < -0.3 is 29.2 Å². The highest BCUT2D eigenvalue weighted by atomic mass is 16.6. The first-order valence-corrected chi connectivity index (χ1v) is 10.1. The summed E-state index contributed by atoms with van der Waals surface area (Å²) in [5, 5.41) is 19.2. The van der Waals surface area contributed by atoms with Crippen molar-refractivity contribution in [1.29, 1.82) is 0 Å². The summed E-state index contributed by atoms with van der Waals surface area (Å²) >= 11 is 0. The molecule has 0 aromatic heterocycles. The third kappa shape index (κ3) is 5.75. The average molecular weight is 430 g/mol. The van der Waals surface area contributed by atoms with Crippen LogP contribution in [0.1, 0.15) is 37.4 Å². The molecule has 0 saturated heterocycles. The van der Waals surface area contributed by atoms with E-state index >= 15 is 0 Å². The maximum absolute atomic E-state index is 12.8. The molecule has 1 aliphatic rings. The number of hydrogen-bond acceptors (Lipinski definition) is 8. The summed E-state index contributed by atoms with van der Waals surface area (Å²) in [4.78, 5) is 25.4. The van der Waals surface area contributed by atoms with E-state index in [-0.39, 0.29) is 41.7 Å². The van der Waals surface area contributed by atoms with Crippen molar-refractivity contribution in [2.45, 2.75) is 6.61 Å². The van der Waals surface area contributed by atoms with E-state index < -0.39 is 0 Å². The minimum absolute atomic E-state index is 0.00523. The average Bonchev–Trinajstić information content (AvgIpc) is 2.79. The highest BCUT2D eigenvalue weighted by molar-refractivity contribution is 6.29. The van der Waals surface area contributed by atoms with Crippen LogP contribution in [0.25, 0.3) is 0 Å². The largest absolute Gasteiger partial charge is 0.507 e. The summed E-state index contributed by atoms with van der Waals surface area (Å²) in [6.07, 6.45) is 0. The van der Waals surface area contributed by atoms with Gasteiger partial charge in [-0.15, -0.1) is 0 Å². The molecule has 31 heavy (non-hydrogen) atoms. The summed E-state index contributed by atoms with van der Waals surface area (Å²) < 4.78 is 21.3. The van der Waals surface area contributed by atoms with Crippen LogP contribution in [-0.2, 0) is 25.6 Å². The van der Waals surface area contributed by atoms with E-state index in [0.29, 0.717) is 62.9 Å². The van der Waals surface area contributed by atoms with E-state index in [1.54, 1.807) is 36.4 Å². The van der Waals surface area contributed by atoms with Crippen LogP contribution in [0.3, 0.4) is 0 Å². The topological polar surface area (TPSA) is 112 Å². The van der Waals surface area contributed by atoms with Crippen molar-refractivity contribution in [3.05, 3.63) is 64.2 Å². The quantitative estimate of drug-likeness (QED) is 0.395. The lowest BCUT2D eigenvalue weighted by Crippen LogP contribution is -2.21. The fourth-order valence-corrected chi connectivity index (χ4v) is 3.24. The first-order chi connectivity index (χ1) is 15.1. The maximum atomic E-state index is 12.8. The number of aromatic hydroxyl groups is 1. The number of carbonyl (C=O) groups excluding carboxylic acids is 2. The zero-order valence-electron chi connectivity index (χ0n) is 17.2. The molecule has 0 unspecified atom stereocenters. The molecule has 2 N–H and O–H groups in total. The molecule has 8 heteroatoms. The van der Waals surface area contributed by atoms with Crippen LogP contribution < -0.4 is 0 Å². The predicted molar refractivity (Wildman–Crippen MR) is 111 cm³/mol. The third-order valence-electron chi connectivity index (χ3n) is 4.76. The summed E-state index contributed by atoms with van der Waals surface area (Å²) in [5.74, 6) is -0.860. The van der Waals surface area contributed by atoms with Gasteiger partial charge in [-0.3, -0.25) is 9.59 Å². The highest BCUT2D eigenvalue weighted by Crippen LogP contribution is 2.35. The third-order valence-corrected chi connectivity index (χ3v) is 4.76. The van der Waals surface area contributed by atoms with Gasteiger partial charge in [-0.25, -0.2) is 0 Å². The van der Waals surface area contributed by atoms with Crippen molar-refractivity contribution in [2.24, 2.45) is 0 Å². The fraction of sp³-hybridized carbons (Fsp3) is 0.391. The lowest BCUT2D eigenvalue weighted by Gasteiger charge is -2.19. The minimum atomic E-state index is -0.366. The molecule has 0 bridgehead atoms. The number of ether oxygens (including phenoxy) is 4. The van der Waals surface area contributed by atoms with Gasteiger partial charge in [0.15, 0.2) is 11.6 Å². The molecular weight excluding hydrogens is 404 g/mol. The first-order valence-electron chi connectivity index (χ1n) is 10.1. The molecule has 0 spiro atoms. The lowest BCUT2D eigenvalue weighted by molar-refractivity contribution is -0.00756. The number of hydrogen-bond donors (Lipinski definition) is 2. The Morgan fingerprint density at radius 2 is 1.19 bits per heavy atom. The van der Waals surface area contributed by atoms with Gasteiger partial charge in [-0.1, -0.05) is 30.3 Å². The van der Waals surface area contributed by atoms with Crippen LogP contribution in [0.15, 0.2) is 36.4 Å². The van der Waals surface area contributed by atoms with Crippen molar-refractivity contribution in [1.82, 2.24) is 0 Å². The van der Waals surface area contributed by atoms with Crippen LogP contribution in [0.4, 0.5) is 0 Å². The van der Waals surface area contributed by atoms with Gasteiger partial charge in [-0.2, -0.15) is 0 Å². The van der Waals surface area contributed by atoms with E-state index in [4.69, 9.17) is 24.1 Å². The van der Waals surface area contributed by atoms with Crippen LogP contribution in [0.5, 0.6) is 5.75 Å². The highest BCUT2D eigenvalue weighted by Gasteiger charge is 2.32. The molecular formula is C23H26O8. The normalized spacial score (nSPS) is 12.7. The number of aliphatic hydroxyl groups is 1. The van der Waals surface area contributed by atoms with Gasteiger partial charge in [0, 0.05) is 22.3 Å². The second kappa shape index (κ2) is 11.7. The number of carbonyl (C=O) groups is 2. The molecule has 8 nitrogen and oxygen atoms in total. The summed E-state index contributed by atoms with van der Waals surface area (Å²) in [7, 11) is 0. The molecule has 0 heterocycles. The maximum Gasteiger partial charge on any atom is 0.198 e. The molecule has 0 amide bonds. The molecule has 2 aromatic carbocycles. The number of fused-ring (bicyclic) bond motifs is 2. The van der Waals surface area contributed by atoms with Crippen molar-refractivity contribution < 1.29 is 38.7 Å². The van der Waals surface area contributed by atoms with Crippen molar-refractivity contribution in [2.75, 3.05) is 52.9 Å². The number of ketones is 2. The van der Waals surface area contributed by atoms with Gasteiger partial charge >= 0.3 is 0 Å². The van der Waals surface area contributed by atoms with Crippen LogP contribution in [0, 0.1) is 0 Å². The Bertz CT molecular complexity index is 908. The number of benzene rings is 2. The number of phenolic OH excluding ortho intramolecular Hbond substituents is 1. The predicted octanol–water partition coefficient (Wildman–Crippen LogP) is 1.73. The van der Waals surface area contributed by atoms with Crippen molar-refractivity contribution in [3.63, 3.8) is 0 Å². The van der Waals surface area contributed by atoms with Gasteiger partial charge in [0.2, 0.25) is 0 Å². The molecule has 166 valence electrons. The Labute approximate surface area is 180 Å². The Morgan fingerprint density at radius 3 is 1.81 bits per heavy atom. The Hall–Kier alpha value is -2.62. The second-order valence-electron chi connectivity index (χ2n) is 6.81. The number of rotatable bonds is 13. The standard InChI is InChI=1S/C23H26O8/c24-7-8-28-9-10-29-11-12-30-13-14-31-15-16-5-6-19-20(21(16)25)23(27)18-4-2-1-3-17(18)22(19)26/h1-6,24-25H,7-15H2. The SMILES string of the molecule is O=C1c2ccccc2C(=O)c2c1ccc(COCCOCCOCCOCCO)c2O. The molecule has 3 rings (SSSR count). The first kappa shape index (κ1) is 23.1. The second-order valence-corrected chi connectivity index (χ2v) is 6.81. The minimum Gasteiger partial charge on any atom is -0.507 e. The molecule has 0 aliphatic heterocycles. The number of phenols is 1. The Kier molecular flexibility index (Phi) is 8.69. The van der Waals surface area contributed by atoms with Gasteiger partial charge in [0.25, 0.3) is 0 Å². The zero-order valence-corrected chi connectivity index (χ0v) is 17.2. The molecule has 0 atom stereocenters. The molecule has 1 aliphatic carbocycles. The van der Waals surface area contributed by atoms with E-state index in [2.05, 4.69) is 0 Å². The van der Waals surface area contributed by atoms with E-state index in [9.17, 15) is 14.7 Å².